The molecule has 0 saturated carbocycles. The maximum atomic E-state index is 12.8. The van der Waals surface area contributed by atoms with Crippen molar-refractivity contribution >= 4 is 35.9 Å². The number of aliphatic hydroxyl groups excluding tert-OH is 1. The first-order chi connectivity index (χ1) is 29.9. The van der Waals surface area contributed by atoms with E-state index in [0.717, 1.165) is 83.5 Å². The summed E-state index contributed by atoms with van der Waals surface area (Å²) in [5.41, 5.74) is 10.5. The Balaban J connectivity index is 0.885. The number of aliphatic hydroxyl groups is 1. The monoisotopic (exact) mass is 841 g/mol. The third-order valence-electron chi connectivity index (χ3n) is 10.5. The third kappa shape index (κ3) is 13.0. The molecule has 0 spiro atoms. The summed E-state index contributed by atoms with van der Waals surface area (Å²) in [5.74, 6) is 1.30. The first-order valence-corrected chi connectivity index (χ1v) is 21.8. The number of oxazole rings is 1. The zero-order valence-electron chi connectivity index (χ0n) is 34.0. The van der Waals surface area contributed by atoms with Gasteiger partial charge in [0, 0.05) is 47.5 Å². The van der Waals surface area contributed by atoms with Crippen LogP contribution < -0.4 is 16.3 Å². The van der Waals surface area contributed by atoms with Gasteiger partial charge in [-0.1, -0.05) is 152 Å². The summed E-state index contributed by atoms with van der Waals surface area (Å²) in [6.45, 7) is 1.09. The lowest BCUT2D eigenvalue weighted by Gasteiger charge is -2.36. The topological polar surface area (TPSA) is 156 Å². The van der Waals surface area contributed by atoms with Gasteiger partial charge in [-0.3, -0.25) is 9.63 Å². The molecule has 7 rings (SSSR count). The van der Waals surface area contributed by atoms with Crippen LogP contribution in [0.15, 0.2) is 143 Å². The van der Waals surface area contributed by atoms with Crippen LogP contribution in [-0.2, 0) is 32.3 Å². The molecular formula is C48H52BN3O8S. The maximum absolute atomic E-state index is 12.8. The number of aromatic nitrogens is 1. The van der Waals surface area contributed by atoms with E-state index in [1.54, 1.807) is 24.3 Å². The molecule has 0 unspecified atom stereocenters. The molecule has 5 aromatic carbocycles. The maximum Gasteiger partial charge on any atom is 0.488 e. The second kappa shape index (κ2) is 22.7. The van der Waals surface area contributed by atoms with E-state index in [0.29, 0.717) is 41.6 Å². The second-order valence-electron chi connectivity index (χ2n) is 15.0. The van der Waals surface area contributed by atoms with Crippen molar-refractivity contribution in [1.29, 1.82) is 0 Å². The lowest BCUT2D eigenvalue weighted by molar-refractivity contribution is -0.245. The number of unbranched alkanes of at least 4 members (excludes halogenated alkanes) is 4. The molecular weight excluding hydrogens is 789 g/mol. The van der Waals surface area contributed by atoms with Gasteiger partial charge in [0.15, 0.2) is 12.1 Å². The summed E-state index contributed by atoms with van der Waals surface area (Å²) in [6.07, 6.45) is 4.80. The van der Waals surface area contributed by atoms with Gasteiger partial charge in [0.1, 0.15) is 5.69 Å². The zero-order valence-corrected chi connectivity index (χ0v) is 34.8. The van der Waals surface area contributed by atoms with Crippen LogP contribution in [0, 0.1) is 0 Å². The van der Waals surface area contributed by atoms with Gasteiger partial charge < -0.3 is 34.4 Å². The number of hydrogen-bond donors (Lipinski definition) is 5. The molecule has 61 heavy (non-hydrogen) atoms. The number of thioether (sulfide) groups is 1. The summed E-state index contributed by atoms with van der Waals surface area (Å²) >= 11 is 1.52. The summed E-state index contributed by atoms with van der Waals surface area (Å²) in [5, 5.41) is 31.6. The lowest BCUT2D eigenvalue weighted by Crippen LogP contribution is -2.31. The number of carbonyl (C=O) groups is 1. The molecule has 1 aliphatic rings. The van der Waals surface area contributed by atoms with Gasteiger partial charge in [0.05, 0.1) is 25.4 Å². The van der Waals surface area contributed by atoms with Gasteiger partial charge in [-0.2, -0.15) is 0 Å². The van der Waals surface area contributed by atoms with Crippen LogP contribution in [0.25, 0.3) is 22.6 Å². The molecule has 1 aromatic heterocycles. The Morgan fingerprint density at radius 1 is 0.754 bits per heavy atom. The largest absolute Gasteiger partial charge is 0.488 e. The van der Waals surface area contributed by atoms with Crippen LogP contribution in [-0.4, -0.2) is 51.6 Å². The van der Waals surface area contributed by atoms with E-state index >= 15 is 0 Å². The van der Waals surface area contributed by atoms with E-state index in [-0.39, 0.29) is 24.7 Å². The van der Waals surface area contributed by atoms with Crippen LogP contribution in [0.5, 0.6) is 0 Å². The molecule has 1 aliphatic heterocycles. The van der Waals surface area contributed by atoms with Gasteiger partial charge >= 0.3 is 7.12 Å². The van der Waals surface area contributed by atoms with Crippen LogP contribution >= 0.6 is 11.8 Å². The third-order valence-corrected chi connectivity index (χ3v) is 11.4. The number of carbonyl (C=O) groups excluding carboxylic acids is 1. The van der Waals surface area contributed by atoms with Crippen molar-refractivity contribution in [3.05, 3.63) is 156 Å². The van der Waals surface area contributed by atoms with E-state index in [1.807, 2.05) is 109 Å². The predicted octanol–water partition coefficient (Wildman–Crippen LogP) is 8.52. The average molecular weight is 842 g/mol. The molecule has 6 aromatic rings. The SMILES string of the molecule is O=C(CCCCCCCNOCc1ccc(B(O)O)cc1)Nc1ccc([C@H]2O[C@@H](CSc3nc(-c4ccccc4)c(-c4ccccc4)o3)C[C@@H](c3ccc(CO)cc3)O2)cc1. The Morgan fingerprint density at radius 2 is 1.41 bits per heavy atom. The fourth-order valence-electron chi connectivity index (χ4n) is 7.08. The number of benzene rings is 5. The molecule has 11 nitrogen and oxygen atoms in total. The standard InChI is InChI=1S/C48H52BN3O8S/c53-31-34-17-21-36(22-18-34)43-30-42(33-61-48-52-45(37-12-6-4-7-13-37)46(60-48)38-14-8-5-9-15-38)58-47(59-43)39-23-27-41(28-24-39)51-44(54)16-10-2-1-3-11-29-50-57-32-35-19-25-40(26-20-35)49(55)56/h4-9,12-15,17-28,42-43,47,50,53,55-56H,1-3,10-11,16,29-33H2,(H,51,54)/t42-,43+,47+/m1/s1. The molecule has 2 heterocycles. The summed E-state index contributed by atoms with van der Waals surface area (Å²) < 4.78 is 19.6. The van der Waals surface area contributed by atoms with Gasteiger partial charge in [-0.25, -0.2) is 10.5 Å². The summed E-state index contributed by atoms with van der Waals surface area (Å²) in [4.78, 5) is 23.2. The van der Waals surface area contributed by atoms with Crippen LogP contribution in [0.1, 0.15) is 79.6 Å². The van der Waals surface area contributed by atoms with E-state index in [1.165, 1.54) is 11.8 Å². The molecule has 1 saturated heterocycles. The fraction of sp³-hybridized carbons (Fsp3) is 0.292. The molecule has 316 valence electrons. The van der Waals surface area contributed by atoms with Crippen LogP contribution in [0.3, 0.4) is 0 Å². The highest BCUT2D eigenvalue weighted by atomic mass is 32.2. The van der Waals surface area contributed by atoms with Gasteiger partial charge in [-0.05, 0) is 47.1 Å². The van der Waals surface area contributed by atoms with E-state index in [4.69, 9.17) is 23.7 Å². The normalized spacial score (nSPS) is 16.3. The number of ether oxygens (including phenoxy) is 2. The van der Waals surface area contributed by atoms with Crippen molar-refractivity contribution in [1.82, 2.24) is 10.5 Å². The molecule has 1 fully saturated rings. The van der Waals surface area contributed by atoms with Crippen LogP contribution in [0.4, 0.5) is 5.69 Å². The highest BCUT2D eigenvalue weighted by molar-refractivity contribution is 7.99. The van der Waals surface area contributed by atoms with E-state index in [2.05, 4.69) is 10.8 Å². The minimum Gasteiger partial charge on any atom is -0.431 e. The van der Waals surface area contributed by atoms with Crippen molar-refractivity contribution in [3.8, 4) is 22.6 Å². The van der Waals surface area contributed by atoms with Gasteiger partial charge in [0.25, 0.3) is 5.22 Å². The number of nitrogens with one attached hydrogen (secondary N) is 2. The highest BCUT2D eigenvalue weighted by Crippen LogP contribution is 2.41. The minimum absolute atomic E-state index is 0.0182. The summed E-state index contributed by atoms with van der Waals surface area (Å²) in [6, 6.07) is 42.5. The fourth-order valence-corrected chi connectivity index (χ4v) is 7.92. The molecule has 1 amide bonds. The number of amides is 1. The molecule has 13 heteroatoms. The van der Waals surface area contributed by atoms with Gasteiger partial charge in [-0.15, -0.1) is 0 Å². The average Bonchev–Trinajstić information content (AvgIpc) is 3.74. The number of hydrogen-bond acceptors (Lipinski definition) is 11. The number of rotatable bonds is 21. The Labute approximate surface area is 361 Å². The molecule has 0 radical (unpaired) electrons. The van der Waals surface area contributed by atoms with Crippen molar-refractivity contribution in [2.75, 3.05) is 17.6 Å². The molecule has 0 bridgehead atoms. The first-order valence-electron chi connectivity index (χ1n) is 20.9. The van der Waals surface area contributed by atoms with Crippen molar-refractivity contribution in [2.24, 2.45) is 0 Å². The summed E-state index contributed by atoms with van der Waals surface area (Å²) in [7, 11) is -1.47. The Bertz CT molecular complexity index is 2170. The Hall–Kier alpha value is -5.09. The van der Waals surface area contributed by atoms with Gasteiger partial charge in [0.2, 0.25) is 5.91 Å². The van der Waals surface area contributed by atoms with Crippen molar-refractivity contribution in [3.63, 3.8) is 0 Å². The Morgan fingerprint density at radius 3 is 2.11 bits per heavy atom. The minimum atomic E-state index is -1.47. The quantitative estimate of drug-likeness (QED) is 0.0205. The van der Waals surface area contributed by atoms with Crippen molar-refractivity contribution < 1.29 is 38.7 Å². The predicted molar refractivity (Wildman–Crippen MR) is 238 cm³/mol. The molecule has 5 N–H and O–H groups in total. The number of hydroxylamine groups is 1. The van der Waals surface area contributed by atoms with E-state index in [9.17, 15) is 19.9 Å². The molecule has 3 atom stereocenters. The highest BCUT2D eigenvalue weighted by Gasteiger charge is 2.33. The number of nitrogens with zero attached hydrogens (tertiary/aromatic N) is 1. The Kier molecular flexibility index (Phi) is 16.3. The number of anilines is 1. The second-order valence-corrected chi connectivity index (χ2v) is 16.0. The smallest absolute Gasteiger partial charge is 0.431 e. The van der Waals surface area contributed by atoms with Crippen LogP contribution in [0.2, 0.25) is 0 Å². The van der Waals surface area contributed by atoms with Crippen molar-refractivity contribution in [2.45, 2.75) is 81.9 Å². The molecule has 0 aliphatic carbocycles. The first kappa shape index (κ1) is 44.0. The lowest BCUT2D eigenvalue weighted by atomic mass is 9.80. The zero-order chi connectivity index (χ0) is 42.2. The van der Waals surface area contributed by atoms with E-state index < -0.39 is 13.4 Å².